The Balaban J connectivity index is 1.81. The van der Waals surface area contributed by atoms with E-state index in [2.05, 4.69) is 52.8 Å². The Morgan fingerprint density at radius 2 is 1.78 bits per heavy atom. The summed E-state index contributed by atoms with van der Waals surface area (Å²) in [6, 6.07) is 8.35. The number of hydrogen-bond acceptors (Lipinski definition) is 2. The summed E-state index contributed by atoms with van der Waals surface area (Å²) < 4.78 is 7.05. The minimum Gasteiger partial charge on any atom is -0.376 e. The fourth-order valence-corrected chi connectivity index (χ4v) is 3.29. The van der Waals surface area contributed by atoms with Gasteiger partial charge in [-0.2, -0.15) is 12.6 Å². The predicted molar refractivity (Wildman–Crippen MR) is 83.2 cm³/mol. The van der Waals surface area contributed by atoms with Crippen molar-refractivity contribution in [2.24, 2.45) is 5.41 Å². The molecule has 1 aromatic rings. The first-order valence-electron chi connectivity index (χ1n) is 6.67. The highest BCUT2D eigenvalue weighted by Gasteiger charge is 2.30. The lowest BCUT2D eigenvalue weighted by atomic mass is 9.76. The summed E-state index contributed by atoms with van der Waals surface area (Å²) in [5.74, 6) is 0.952. The molecule has 0 spiro atoms. The zero-order valence-electron chi connectivity index (χ0n) is 10.7. The van der Waals surface area contributed by atoms with Crippen molar-refractivity contribution in [3.8, 4) is 0 Å². The first-order valence-corrected chi connectivity index (χ1v) is 8.10. The summed E-state index contributed by atoms with van der Waals surface area (Å²) in [5, 5.41) is 0. The third-order valence-electron chi connectivity index (χ3n) is 3.84. The summed E-state index contributed by atoms with van der Waals surface area (Å²) in [6.45, 7) is 1.56. The van der Waals surface area contributed by atoms with E-state index in [-0.39, 0.29) is 0 Å². The molecular formula is C15H21BrOS. The second-order valence-corrected chi connectivity index (χ2v) is 6.57. The second kappa shape index (κ2) is 6.97. The van der Waals surface area contributed by atoms with Gasteiger partial charge in [-0.3, -0.25) is 0 Å². The highest BCUT2D eigenvalue weighted by Crippen LogP contribution is 2.37. The van der Waals surface area contributed by atoms with Gasteiger partial charge in [-0.15, -0.1) is 0 Å². The van der Waals surface area contributed by atoms with Crippen molar-refractivity contribution in [2.45, 2.75) is 38.7 Å². The maximum Gasteiger partial charge on any atom is 0.0717 e. The molecule has 0 radical (unpaired) electrons. The van der Waals surface area contributed by atoms with Gasteiger partial charge < -0.3 is 4.74 Å². The van der Waals surface area contributed by atoms with Crippen LogP contribution in [-0.4, -0.2) is 12.4 Å². The van der Waals surface area contributed by atoms with Gasteiger partial charge in [-0.1, -0.05) is 47.3 Å². The Morgan fingerprint density at radius 3 is 2.39 bits per heavy atom. The van der Waals surface area contributed by atoms with Gasteiger partial charge in [0.2, 0.25) is 0 Å². The van der Waals surface area contributed by atoms with E-state index in [9.17, 15) is 0 Å². The molecule has 0 atom stereocenters. The normalized spacial score (nSPS) is 18.8. The van der Waals surface area contributed by atoms with Crippen LogP contribution in [0.5, 0.6) is 0 Å². The lowest BCUT2D eigenvalue weighted by molar-refractivity contribution is 0.0252. The van der Waals surface area contributed by atoms with Crippen molar-refractivity contribution >= 4 is 28.6 Å². The summed E-state index contributed by atoms with van der Waals surface area (Å²) in [5.41, 5.74) is 1.57. The molecule has 0 bridgehead atoms. The molecular weight excluding hydrogens is 308 g/mol. The standard InChI is InChI=1S/C15H21BrOS/c16-14-6-4-13(5-7-14)10-17-11-15(12-18)8-2-1-3-9-15/h4-7,18H,1-3,8-12H2. The highest BCUT2D eigenvalue weighted by molar-refractivity contribution is 9.10. The van der Waals surface area contributed by atoms with Gasteiger partial charge in [-0.05, 0) is 36.3 Å². The molecule has 2 rings (SSSR count). The molecule has 0 heterocycles. The van der Waals surface area contributed by atoms with Gasteiger partial charge in [0.1, 0.15) is 0 Å². The van der Waals surface area contributed by atoms with Crippen LogP contribution in [0, 0.1) is 5.41 Å². The first-order chi connectivity index (χ1) is 8.74. The van der Waals surface area contributed by atoms with E-state index >= 15 is 0 Å². The SMILES string of the molecule is SCC1(COCc2ccc(Br)cc2)CCCCC1. The van der Waals surface area contributed by atoms with E-state index in [1.54, 1.807) is 0 Å². The molecule has 0 aromatic heterocycles. The molecule has 1 aliphatic carbocycles. The van der Waals surface area contributed by atoms with Crippen molar-refractivity contribution in [1.29, 1.82) is 0 Å². The maximum absolute atomic E-state index is 5.93. The molecule has 0 aliphatic heterocycles. The summed E-state index contributed by atoms with van der Waals surface area (Å²) in [4.78, 5) is 0. The van der Waals surface area contributed by atoms with E-state index in [1.165, 1.54) is 37.7 Å². The molecule has 0 N–H and O–H groups in total. The Labute approximate surface area is 124 Å². The minimum absolute atomic E-state index is 0.330. The lowest BCUT2D eigenvalue weighted by Gasteiger charge is -2.35. The molecule has 0 amide bonds. The average Bonchev–Trinajstić information content (AvgIpc) is 2.42. The molecule has 1 fully saturated rings. The number of rotatable bonds is 5. The van der Waals surface area contributed by atoms with Crippen LogP contribution in [0.4, 0.5) is 0 Å². The molecule has 100 valence electrons. The van der Waals surface area contributed by atoms with Gasteiger partial charge in [0.15, 0.2) is 0 Å². The van der Waals surface area contributed by atoms with Crippen LogP contribution >= 0.6 is 28.6 Å². The summed E-state index contributed by atoms with van der Waals surface area (Å²) in [6.07, 6.45) is 6.60. The fraction of sp³-hybridized carbons (Fsp3) is 0.600. The quantitative estimate of drug-likeness (QED) is 0.760. The fourth-order valence-electron chi connectivity index (χ4n) is 2.62. The monoisotopic (exact) mass is 328 g/mol. The van der Waals surface area contributed by atoms with E-state index in [0.29, 0.717) is 12.0 Å². The van der Waals surface area contributed by atoms with Gasteiger partial charge >= 0.3 is 0 Å². The summed E-state index contributed by atoms with van der Waals surface area (Å²) in [7, 11) is 0. The van der Waals surface area contributed by atoms with Crippen LogP contribution < -0.4 is 0 Å². The van der Waals surface area contributed by atoms with Crippen LogP contribution in [0.15, 0.2) is 28.7 Å². The van der Waals surface area contributed by atoms with Gasteiger partial charge in [0, 0.05) is 9.89 Å². The Bertz CT molecular complexity index is 357. The second-order valence-electron chi connectivity index (χ2n) is 5.34. The van der Waals surface area contributed by atoms with Crippen molar-refractivity contribution in [3.63, 3.8) is 0 Å². The van der Waals surface area contributed by atoms with Crippen LogP contribution in [-0.2, 0) is 11.3 Å². The maximum atomic E-state index is 5.93. The molecule has 1 saturated carbocycles. The van der Waals surface area contributed by atoms with Crippen LogP contribution in [0.2, 0.25) is 0 Å². The van der Waals surface area contributed by atoms with E-state index in [4.69, 9.17) is 4.74 Å². The van der Waals surface area contributed by atoms with E-state index < -0.39 is 0 Å². The van der Waals surface area contributed by atoms with Crippen molar-refractivity contribution in [3.05, 3.63) is 34.3 Å². The van der Waals surface area contributed by atoms with E-state index in [1.807, 2.05) is 0 Å². The summed E-state index contributed by atoms with van der Waals surface area (Å²) >= 11 is 7.98. The number of hydrogen-bond donors (Lipinski definition) is 1. The number of halogens is 1. The number of ether oxygens (including phenoxy) is 1. The van der Waals surface area contributed by atoms with E-state index in [0.717, 1.165) is 16.8 Å². The Kier molecular flexibility index (Phi) is 5.58. The van der Waals surface area contributed by atoms with Crippen molar-refractivity contribution in [2.75, 3.05) is 12.4 Å². The third-order valence-corrected chi connectivity index (χ3v) is 5.04. The smallest absolute Gasteiger partial charge is 0.0717 e. The molecule has 0 saturated heterocycles. The topological polar surface area (TPSA) is 9.23 Å². The van der Waals surface area contributed by atoms with Gasteiger partial charge in [0.25, 0.3) is 0 Å². The molecule has 3 heteroatoms. The zero-order chi connectivity index (χ0) is 12.8. The molecule has 1 aromatic carbocycles. The third kappa shape index (κ3) is 4.01. The Hall–Kier alpha value is 0.01000. The predicted octanol–water partition coefficient (Wildman–Crippen LogP) is 4.85. The van der Waals surface area contributed by atoms with Gasteiger partial charge in [-0.25, -0.2) is 0 Å². The molecule has 1 aliphatic rings. The minimum atomic E-state index is 0.330. The van der Waals surface area contributed by atoms with Crippen LogP contribution in [0.1, 0.15) is 37.7 Å². The van der Waals surface area contributed by atoms with Crippen LogP contribution in [0.3, 0.4) is 0 Å². The highest BCUT2D eigenvalue weighted by atomic mass is 79.9. The van der Waals surface area contributed by atoms with Crippen molar-refractivity contribution < 1.29 is 4.74 Å². The molecule has 0 unspecified atom stereocenters. The first kappa shape index (κ1) is 14.4. The average molecular weight is 329 g/mol. The van der Waals surface area contributed by atoms with Crippen LogP contribution in [0.25, 0.3) is 0 Å². The number of thiol groups is 1. The Morgan fingerprint density at radius 1 is 1.11 bits per heavy atom. The number of benzene rings is 1. The van der Waals surface area contributed by atoms with Crippen molar-refractivity contribution in [1.82, 2.24) is 0 Å². The zero-order valence-corrected chi connectivity index (χ0v) is 13.2. The molecule has 1 nitrogen and oxygen atoms in total. The molecule has 18 heavy (non-hydrogen) atoms. The lowest BCUT2D eigenvalue weighted by Crippen LogP contribution is -2.31. The van der Waals surface area contributed by atoms with Gasteiger partial charge in [0.05, 0.1) is 13.2 Å². The largest absolute Gasteiger partial charge is 0.376 e.